The molecule has 3 atom stereocenters. The Bertz CT molecular complexity index is 252. The fourth-order valence-corrected chi connectivity index (χ4v) is 3.23. The van der Waals surface area contributed by atoms with E-state index in [1.54, 1.807) is 0 Å². The quantitative estimate of drug-likeness (QED) is 0.743. The lowest BCUT2D eigenvalue weighted by Gasteiger charge is -2.22. The van der Waals surface area contributed by atoms with E-state index in [0.29, 0.717) is 12.6 Å². The molecule has 0 heterocycles. The molecule has 0 saturated heterocycles. The molecule has 2 aliphatic carbocycles. The molecule has 2 bridgehead atoms. The Morgan fingerprint density at radius 1 is 1.31 bits per heavy atom. The van der Waals surface area contributed by atoms with E-state index in [9.17, 15) is 4.79 Å². The summed E-state index contributed by atoms with van der Waals surface area (Å²) in [4.78, 5) is 11.5. The molecule has 92 valence electrons. The standard InChI is InChI=1S/C13H24N2O/c1-9(2)14-8-13(16)15-7-12-6-10-3-4-11(12)5-10/h9-12,14H,3-8H2,1-2H3,(H,15,16). The summed E-state index contributed by atoms with van der Waals surface area (Å²) in [6, 6.07) is 0.383. The van der Waals surface area contributed by atoms with Crippen molar-refractivity contribution in [1.82, 2.24) is 10.6 Å². The van der Waals surface area contributed by atoms with Crippen LogP contribution < -0.4 is 10.6 Å². The van der Waals surface area contributed by atoms with Crippen LogP contribution in [0.1, 0.15) is 39.5 Å². The number of carbonyl (C=O) groups excluding carboxylic acids is 1. The molecule has 3 nitrogen and oxygen atoms in total. The monoisotopic (exact) mass is 224 g/mol. The summed E-state index contributed by atoms with van der Waals surface area (Å²) in [5, 5.41) is 6.21. The van der Waals surface area contributed by atoms with E-state index >= 15 is 0 Å². The minimum absolute atomic E-state index is 0.150. The molecule has 2 N–H and O–H groups in total. The zero-order valence-corrected chi connectivity index (χ0v) is 10.5. The van der Waals surface area contributed by atoms with Crippen molar-refractivity contribution in [2.24, 2.45) is 17.8 Å². The lowest BCUT2D eigenvalue weighted by Crippen LogP contribution is -2.39. The van der Waals surface area contributed by atoms with Crippen molar-refractivity contribution in [2.75, 3.05) is 13.1 Å². The fraction of sp³-hybridized carbons (Fsp3) is 0.923. The van der Waals surface area contributed by atoms with Crippen LogP contribution in [0.2, 0.25) is 0 Å². The van der Waals surface area contributed by atoms with Crippen LogP contribution in [0.25, 0.3) is 0 Å². The number of hydrogen-bond acceptors (Lipinski definition) is 2. The van der Waals surface area contributed by atoms with Gasteiger partial charge in [0.1, 0.15) is 0 Å². The molecule has 1 amide bonds. The topological polar surface area (TPSA) is 41.1 Å². The highest BCUT2D eigenvalue weighted by Gasteiger charge is 2.39. The average Bonchev–Trinajstić information content (AvgIpc) is 2.84. The average molecular weight is 224 g/mol. The molecule has 0 spiro atoms. The van der Waals surface area contributed by atoms with Gasteiger partial charge in [0.05, 0.1) is 6.54 Å². The molecular weight excluding hydrogens is 200 g/mol. The lowest BCUT2D eigenvalue weighted by molar-refractivity contribution is -0.120. The number of amides is 1. The maximum atomic E-state index is 11.5. The second-order valence-corrected chi connectivity index (χ2v) is 5.77. The van der Waals surface area contributed by atoms with Crippen molar-refractivity contribution >= 4 is 5.91 Å². The molecule has 0 aliphatic heterocycles. The van der Waals surface area contributed by atoms with Crippen LogP contribution in [-0.2, 0) is 4.79 Å². The van der Waals surface area contributed by atoms with Crippen molar-refractivity contribution in [3.63, 3.8) is 0 Å². The van der Waals surface area contributed by atoms with Crippen LogP contribution in [0.3, 0.4) is 0 Å². The third-order valence-corrected chi connectivity index (χ3v) is 4.12. The largest absolute Gasteiger partial charge is 0.355 e. The van der Waals surface area contributed by atoms with E-state index in [0.717, 1.165) is 24.3 Å². The van der Waals surface area contributed by atoms with Crippen LogP contribution in [0.5, 0.6) is 0 Å². The third kappa shape index (κ3) is 2.97. The first kappa shape index (κ1) is 11.9. The van der Waals surface area contributed by atoms with E-state index in [1.807, 2.05) is 0 Å². The Hall–Kier alpha value is -0.570. The maximum absolute atomic E-state index is 11.5. The highest BCUT2D eigenvalue weighted by Crippen LogP contribution is 2.47. The number of carbonyl (C=O) groups is 1. The van der Waals surface area contributed by atoms with E-state index in [-0.39, 0.29) is 5.91 Å². The molecule has 0 aromatic carbocycles. The summed E-state index contributed by atoms with van der Waals surface area (Å²) in [6.45, 7) is 5.48. The minimum Gasteiger partial charge on any atom is -0.355 e. The fourth-order valence-electron chi connectivity index (χ4n) is 3.23. The second-order valence-electron chi connectivity index (χ2n) is 5.77. The molecule has 16 heavy (non-hydrogen) atoms. The van der Waals surface area contributed by atoms with Gasteiger partial charge in [-0.05, 0) is 37.0 Å². The summed E-state index contributed by atoms with van der Waals surface area (Å²) >= 11 is 0. The lowest BCUT2D eigenvalue weighted by atomic mass is 9.89. The molecule has 2 rings (SSSR count). The molecule has 3 unspecified atom stereocenters. The van der Waals surface area contributed by atoms with E-state index in [2.05, 4.69) is 24.5 Å². The highest BCUT2D eigenvalue weighted by molar-refractivity contribution is 5.78. The van der Waals surface area contributed by atoms with Gasteiger partial charge >= 0.3 is 0 Å². The maximum Gasteiger partial charge on any atom is 0.233 e. The molecule has 0 radical (unpaired) electrons. The zero-order valence-electron chi connectivity index (χ0n) is 10.5. The summed E-state index contributed by atoms with van der Waals surface area (Å²) < 4.78 is 0. The van der Waals surface area contributed by atoms with Gasteiger partial charge in [-0.2, -0.15) is 0 Å². The molecule has 0 aromatic rings. The number of hydrogen-bond donors (Lipinski definition) is 2. The number of fused-ring (bicyclic) bond motifs is 2. The molecule has 2 saturated carbocycles. The van der Waals surface area contributed by atoms with E-state index in [4.69, 9.17) is 0 Å². The third-order valence-electron chi connectivity index (χ3n) is 4.12. The van der Waals surface area contributed by atoms with Crippen molar-refractivity contribution in [3.05, 3.63) is 0 Å². The van der Waals surface area contributed by atoms with Gasteiger partial charge < -0.3 is 10.6 Å². The second kappa shape index (κ2) is 5.17. The first-order valence-corrected chi connectivity index (χ1v) is 6.65. The minimum atomic E-state index is 0.150. The molecule has 2 fully saturated rings. The zero-order chi connectivity index (χ0) is 11.5. The first-order valence-electron chi connectivity index (χ1n) is 6.65. The highest BCUT2D eigenvalue weighted by atomic mass is 16.1. The van der Waals surface area contributed by atoms with Crippen molar-refractivity contribution in [3.8, 4) is 0 Å². The van der Waals surface area contributed by atoms with Gasteiger partial charge in [0.25, 0.3) is 0 Å². The predicted octanol–water partition coefficient (Wildman–Crippen LogP) is 1.54. The first-order chi connectivity index (χ1) is 7.65. The van der Waals surface area contributed by atoms with Crippen LogP contribution in [-0.4, -0.2) is 25.0 Å². The van der Waals surface area contributed by atoms with E-state index < -0.39 is 0 Å². The van der Waals surface area contributed by atoms with Gasteiger partial charge in [0.2, 0.25) is 5.91 Å². The summed E-state index contributed by atoms with van der Waals surface area (Å²) in [6.07, 6.45) is 5.60. The van der Waals surface area contributed by atoms with Gasteiger partial charge in [-0.1, -0.05) is 20.3 Å². The molecule has 3 heteroatoms. The van der Waals surface area contributed by atoms with Crippen LogP contribution >= 0.6 is 0 Å². The van der Waals surface area contributed by atoms with Gasteiger partial charge in [0, 0.05) is 12.6 Å². The normalized spacial score (nSPS) is 32.3. The number of nitrogens with one attached hydrogen (secondary N) is 2. The van der Waals surface area contributed by atoms with Gasteiger partial charge in [-0.3, -0.25) is 4.79 Å². The Balaban J connectivity index is 1.62. The Morgan fingerprint density at radius 2 is 2.12 bits per heavy atom. The molecule has 2 aliphatic rings. The van der Waals surface area contributed by atoms with Crippen molar-refractivity contribution < 1.29 is 4.79 Å². The Labute approximate surface area is 98.4 Å². The van der Waals surface area contributed by atoms with Gasteiger partial charge in [-0.25, -0.2) is 0 Å². The van der Waals surface area contributed by atoms with Crippen molar-refractivity contribution in [1.29, 1.82) is 0 Å². The predicted molar refractivity (Wildman–Crippen MR) is 65.1 cm³/mol. The Morgan fingerprint density at radius 3 is 2.69 bits per heavy atom. The molecular formula is C13H24N2O. The van der Waals surface area contributed by atoms with Gasteiger partial charge in [0.15, 0.2) is 0 Å². The van der Waals surface area contributed by atoms with Crippen LogP contribution in [0.4, 0.5) is 0 Å². The van der Waals surface area contributed by atoms with Crippen LogP contribution in [0, 0.1) is 17.8 Å². The van der Waals surface area contributed by atoms with Crippen molar-refractivity contribution in [2.45, 2.75) is 45.6 Å². The van der Waals surface area contributed by atoms with Crippen LogP contribution in [0.15, 0.2) is 0 Å². The summed E-state index contributed by atoms with van der Waals surface area (Å²) in [5.74, 6) is 2.79. The summed E-state index contributed by atoms with van der Waals surface area (Å²) in [5.41, 5.74) is 0. The smallest absolute Gasteiger partial charge is 0.233 e. The molecule has 0 aromatic heterocycles. The summed E-state index contributed by atoms with van der Waals surface area (Å²) in [7, 11) is 0. The van der Waals surface area contributed by atoms with E-state index in [1.165, 1.54) is 25.7 Å². The Kier molecular flexibility index (Phi) is 3.85. The SMILES string of the molecule is CC(C)NCC(=O)NCC1CC2CCC1C2. The number of rotatable bonds is 5. The van der Waals surface area contributed by atoms with Gasteiger partial charge in [-0.15, -0.1) is 0 Å².